The summed E-state index contributed by atoms with van der Waals surface area (Å²) >= 11 is 1.88. The number of hydrogen-bond donors (Lipinski definition) is 0. The highest BCUT2D eigenvalue weighted by atomic mass is 32.1. The Balaban J connectivity index is 1.04. The third kappa shape index (κ3) is 5.78. The van der Waals surface area contributed by atoms with Gasteiger partial charge in [0.15, 0.2) is 0 Å². The van der Waals surface area contributed by atoms with Gasteiger partial charge in [-0.3, -0.25) is 0 Å². The minimum atomic E-state index is -0.613. The summed E-state index contributed by atoms with van der Waals surface area (Å²) in [5.74, 6) is 0. The van der Waals surface area contributed by atoms with Crippen LogP contribution in [0, 0.1) is 0 Å². The standard InChI is InChI=1S/C68H45NS/c1-4-22-47(23-5-1)67(60-36-14-10-29-54(60)55-30-11-15-37-61(55)67)50-41-43-51(44-42-50)69(52-28-18-21-46(45-52)53-33-19-35-59-57-32-13-17-40-64(57)70-66(53)59)63-39-20-34-58-56-31-12-16-38-62(56)68(65(58)63,48-24-6-2-7-25-48)49-26-8-3-9-27-49/h1-45H. The van der Waals surface area contributed by atoms with Crippen LogP contribution < -0.4 is 4.90 Å². The maximum Gasteiger partial charge on any atom is 0.0734 e. The molecule has 70 heavy (non-hydrogen) atoms. The summed E-state index contributed by atoms with van der Waals surface area (Å²) in [7, 11) is 0. The fraction of sp³-hybridized carbons (Fsp3) is 0.0294. The van der Waals surface area contributed by atoms with Crippen LogP contribution >= 0.6 is 11.3 Å². The van der Waals surface area contributed by atoms with E-state index in [2.05, 4.69) is 278 Å². The van der Waals surface area contributed by atoms with Crippen molar-refractivity contribution in [2.75, 3.05) is 4.90 Å². The highest BCUT2D eigenvalue weighted by Crippen LogP contribution is 2.61. The van der Waals surface area contributed by atoms with E-state index in [1.54, 1.807) is 0 Å². The first-order chi connectivity index (χ1) is 34.7. The first kappa shape index (κ1) is 40.5. The zero-order valence-electron chi connectivity index (χ0n) is 38.3. The van der Waals surface area contributed by atoms with E-state index in [1.807, 2.05) is 11.3 Å². The lowest BCUT2D eigenvalue weighted by Gasteiger charge is -2.38. The molecule has 0 amide bonds. The molecule has 0 saturated heterocycles. The predicted molar refractivity (Wildman–Crippen MR) is 294 cm³/mol. The van der Waals surface area contributed by atoms with Gasteiger partial charge in [-0.1, -0.05) is 237 Å². The van der Waals surface area contributed by atoms with Crippen molar-refractivity contribution < 1.29 is 0 Å². The molecule has 0 aliphatic heterocycles. The van der Waals surface area contributed by atoms with Crippen molar-refractivity contribution >= 4 is 48.6 Å². The molecule has 1 aromatic heterocycles. The van der Waals surface area contributed by atoms with E-state index in [0.29, 0.717) is 0 Å². The van der Waals surface area contributed by atoms with E-state index in [4.69, 9.17) is 0 Å². The molecule has 2 aliphatic carbocycles. The second-order valence-electron chi connectivity index (χ2n) is 18.6. The summed E-state index contributed by atoms with van der Waals surface area (Å²) in [5.41, 5.74) is 19.9. The zero-order valence-corrected chi connectivity index (χ0v) is 39.2. The van der Waals surface area contributed by atoms with Gasteiger partial charge in [-0.2, -0.15) is 0 Å². The van der Waals surface area contributed by atoms with Crippen LogP contribution in [-0.4, -0.2) is 0 Å². The molecule has 1 heterocycles. The molecule has 12 aromatic rings. The van der Waals surface area contributed by atoms with Gasteiger partial charge in [0.05, 0.1) is 16.5 Å². The lowest BCUT2D eigenvalue weighted by Crippen LogP contribution is -2.30. The van der Waals surface area contributed by atoms with Gasteiger partial charge in [0.1, 0.15) is 0 Å². The molecule has 2 heteroatoms. The molecular formula is C68H45NS. The largest absolute Gasteiger partial charge is 0.310 e. The highest BCUT2D eigenvalue weighted by molar-refractivity contribution is 7.26. The Labute approximate surface area is 412 Å². The van der Waals surface area contributed by atoms with Crippen LogP contribution in [0.25, 0.3) is 53.6 Å². The third-order valence-corrected chi connectivity index (χ3v) is 16.5. The summed E-state index contributed by atoms with van der Waals surface area (Å²) in [6.45, 7) is 0. The van der Waals surface area contributed by atoms with E-state index in [1.165, 1.54) is 98.1 Å². The number of fused-ring (bicyclic) bond motifs is 9. The second-order valence-corrected chi connectivity index (χ2v) is 19.7. The maximum absolute atomic E-state index is 2.54. The van der Waals surface area contributed by atoms with E-state index in [0.717, 1.165) is 17.1 Å². The molecule has 0 fully saturated rings. The summed E-state index contributed by atoms with van der Waals surface area (Å²) < 4.78 is 2.62. The Morgan fingerprint density at radius 3 is 1.40 bits per heavy atom. The van der Waals surface area contributed by atoms with Gasteiger partial charge in [0.25, 0.3) is 0 Å². The van der Waals surface area contributed by atoms with Crippen molar-refractivity contribution in [3.63, 3.8) is 0 Å². The minimum absolute atomic E-state index is 0.508. The van der Waals surface area contributed by atoms with Gasteiger partial charge in [0.2, 0.25) is 0 Å². The maximum atomic E-state index is 2.54. The van der Waals surface area contributed by atoms with Gasteiger partial charge in [-0.25, -0.2) is 0 Å². The van der Waals surface area contributed by atoms with Crippen molar-refractivity contribution in [3.05, 3.63) is 317 Å². The minimum Gasteiger partial charge on any atom is -0.310 e. The number of benzene rings is 11. The number of hydrogen-bond acceptors (Lipinski definition) is 2. The van der Waals surface area contributed by atoms with Crippen molar-refractivity contribution in [1.29, 1.82) is 0 Å². The molecule has 0 atom stereocenters. The summed E-state index contributed by atoms with van der Waals surface area (Å²) in [4.78, 5) is 2.54. The SMILES string of the molecule is c1ccc(C2(c3ccc(N(c4cccc(-c5cccc6c5sc5ccccc56)c4)c4cccc5c4C(c4ccccc4)(c4ccccc4)c4ccccc4-5)cc3)c3ccccc3-c3ccccc32)cc1. The average Bonchev–Trinajstić information content (AvgIpc) is 4.08. The molecular weight excluding hydrogens is 863 g/mol. The topological polar surface area (TPSA) is 3.24 Å². The second kappa shape index (κ2) is 16.0. The number of thiophene rings is 1. The molecule has 0 radical (unpaired) electrons. The quantitative estimate of drug-likeness (QED) is 0.147. The van der Waals surface area contributed by atoms with Crippen LogP contribution in [0.1, 0.15) is 44.5 Å². The fourth-order valence-corrected chi connectivity index (χ4v) is 13.7. The van der Waals surface area contributed by atoms with E-state index < -0.39 is 10.8 Å². The van der Waals surface area contributed by atoms with Gasteiger partial charge in [0, 0.05) is 37.1 Å². The van der Waals surface area contributed by atoms with Gasteiger partial charge in [-0.05, 0) is 109 Å². The van der Waals surface area contributed by atoms with Gasteiger partial charge < -0.3 is 4.90 Å². The lowest BCUT2D eigenvalue weighted by atomic mass is 9.67. The molecule has 0 N–H and O–H groups in total. The van der Waals surface area contributed by atoms with Crippen molar-refractivity contribution in [2.24, 2.45) is 0 Å². The first-order valence-electron chi connectivity index (χ1n) is 24.3. The van der Waals surface area contributed by atoms with Crippen molar-refractivity contribution in [2.45, 2.75) is 10.8 Å². The highest BCUT2D eigenvalue weighted by Gasteiger charge is 2.49. The Morgan fingerprint density at radius 1 is 0.300 bits per heavy atom. The van der Waals surface area contributed by atoms with E-state index in [9.17, 15) is 0 Å². The predicted octanol–water partition coefficient (Wildman–Crippen LogP) is 17.9. The van der Waals surface area contributed by atoms with Crippen LogP contribution in [0.15, 0.2) is 273 Å². The molecule has 11 aromatic carbocycles. The monoisotopic (exact) mass is 907 g/mol. The molecule has 0 spiro atoms. The number of rotatable bonds is 8. The molecule has 328 valence electrons. The fourth-order valence-electron chi connectivity index (χ4n) is 12.5. The van der Waals surface area contributed by atoms with Crippen LogP contribution in [0.4, 0.5) is 17.1 Å². The molecule has 1 nitrogen and oxygen atoms in total. The summed E-state index contributed by atoms with van der Waals surface area (Å²) in [6, 6.07) is 102. The molecule has 14 rings (SSSR count). The third-order valence-electron chi connectivity index (χ3n) is 15.2. The molecule has 2 aliphatic rings. The van der Waals surface area contributed by atoms with Gasteiger partial charge in [-0.15, -0.1) is 11.3 Å². The van der Waals surface area contributed by atoms with Crippen LogP contribution in [0.5, 0.6) is 0 Å². The van der Waals surface area contributed by atoms with E-state index >= 15 is 0 Å². The Kier molecular flexibility index (Phi) is 9.27. The normalized spacial score (nSPS) is 13.7. The summed E-state index contributed by atoms with van der Waals surface area (Å²) in [6.07, 6.45) is 0. The van der Waals surface area contributed by atoms with Gasteiger partial charge >= 0.3 is 0 Å². The van der Waals surface area contributed by atoms with Crippen LogP contribution in [-0.2, 0) is 10.8 Å². The van der Waals surface area contributed by atoms with Crippen molar-refractivity contribution in [3.8, 4) is 33.4 Å². The number of anilines is 3. The molecule has 0 unspecified atom stereocenters. The molecule has 0 saturated carbocycles. The van der Waals surface area contributed by atoms with E-state index in [-0.39, 0.29) is 0 Å². The van der Waals surface area contributed by atoms with Crippen LogP contribution in [0.2, 0.25) is 0 Å². The zero-order chi connectivity index (χ0) is 46.2. The van der Waals surface area contributed by atoms with Crippen molar-refractivity contribution in [1.82, 2.24) is 0 Å². The Hall–Kier alpha value is -8.56. The Bertz CT molecular complexity index is 3860. The average molecular weight is 908 g/mol. The molecule has 0 bridgehead atoms. The smallest absolute Gasteiger partial charge is 0.0734 e. The van der Waals surface area contributed by atoms with Crippen LogP contribution in [0.3, 0.4) is 0 Å². The number of nitrogens with zero attached hydrogens (tertiary/aromatic N) is 1. The first-order valence-corrected chi connectivity index (χ1v) is 25.1. The lowest BCUT2D eigenvalue weighted by molar-refractivity contribution is 0.766. The summed E-state index contributed by atoms with van der Waals surface area (Å²) in [5, 5.41) is 2.60. The Morgan fingerprint density at radius 2 is 0.757 bits per heavy atom.